The molecule has 1 aliphatic rings. The van der Waals surface area contributed by atoms with Crippen molar-refractivity contribution in [3.8, 4) is 0 Å². The molecule has 0 aromatic heterocycles. The van der Waals surface area contributed by atoms with Gasteiger partial charge in [0.15, 0.2) is 12.4 Å². The van der Waals surface area contributed by atoms with E-state index in [1.165, 1.54) is 103 Å². The Kier molecular flexibility index (Phi) is 34.4. The molecule has 4 N–H and O–H groups in total. The summed E-state index contributed by atoms with van der Waals surface area (Å²) >= 11 is 0. The van der Waals surface area contributed by atoms with Crippen molar-refractivity contribution in [2.45, 2.75) is 237 Å². The lowest BCUT2D eigenvalue weighted by molar-refractivity contribution is -0.297. The molecule has 0 radical (unpaired) electrons. The van der Waals surface area contributed by atoms with Crippen molar-refractivity contribution in [2.75, 3.05) is 19.0 Å². The molecule has 1 saturated heterocycles. The molecule has 0 spiro atoms. The van der Waals surface area contributed by atoms with Crippen LogP contribution in [0.4, 0.5) is 0 Å². The largest absolute Gasteiger partial charge is 0.462 e. The second-order valence-corrected chi connectivity index (χ2v) is 18.0. The number of carbonyl (C=O) groups excluding carboxylic acids is 2. The summed E-state index contributed by atoms with van der Waals surface area (Å²) in [6.45, 7) is 3.74. The lowest BCUT2D eigenvalue weighted by atomic mass is 10.00. The lowest BCUT2D eigenvalue weighted by Crippen LogP contribution is -2.60. The summed E-state index contributed by atoms with van der Waals surface area (Å²) in [6.07, 6.45) is 30.7. The van der Waals surface area contributed by atoms with Gasteiger partial charge in [-0.1, -0.05) is 173 Å². The molecule has 6 atom stereocenters. The smallest absolute Gasteiger partial charge is 0.306 e. The molecule has 0 bridgehead atoms. The number of hydrogen-bond donors (Lipinski definition) is 4. The fraction of sp³-hybridized carbons (Fsp3) is 0.870. The van der Waals surface area contributed by atoms with Gasteiger partial charge in [0.25, 0.3) is 10.1 Å². The highest BCUT2D eigenvalue weighted by Crippen LogP contribution is 2.24. The molecule has 12 nitrogen and oxygen atoms in total. The van der Waals surface area contributed by atoms with Crippen molar-refractivity contribution in [3.63, 3.8) is 0 Å². The average Bonchev–Trinajstić information content (AvgIpc) is 3.20. The van der Waals surface area contributed by atoms with Crippen LogP contribution in [0.2, 0.25) is 0 Å². The van der Waals surface area contributed by atoms with Gasteiger partial charge in [0.1, 0.15) is 36.8 Å². The Morgan fingerprint density at radius 2 is 1.00 bits per heavy atom. The fourth-order valence-corrected chi connectivity index (χ4v) is 7.83. The van der Waals surface area contributed by atoms with Gasteiger partial charge in [0.2, 0.25) is 0 Å². The Labute approximate surface area is 358 Å². The number of esters is 2. The van der Waals surface area contributed by atoms with E-state index in [0.717, 1.165) is 57.8 Å². The minimum atomic E-state index is -4.60. The first-order valence-electron chi connectivity index (χ1n) is 23.4. The van der Waals surface area contributed by atoms with E-state index in [2.05, 4.69) is 38.2 Å². The number of carbonyl (C=O) groups is 2. The van der Waals surface area contributed by atoms with Crippen LogP contribution < -0.4 is 0 Å². The number of hydrogen-bond acceptors (Lipinski definition) is 11. The third kappa shape index (κ3) is 31.6. The van der Waals surface area contributed by atoms with Gasteiger partial charge in [-0.15, -0.1) is 0 Å². The predicted octanol–water partition coefficient (Wildman–Crippen LogP) is 9.62. The summed E-state index contributed by atoms with van der Waals surface area (Å²) in [5.74, 6) is -1.99. The number of aliphatic hydroxyl groups is 3. The lowest BCUT2D eigenvalue weighted by Gasteiger charge is -2.40. The Morgan fingerprint density at radius 1 is 0.576 bits per heavy atom. The molecule has 1 rings (SSSR count). The van der Waals surface area contributed by atoms with Gasteiger partial charge in [-0.2, -0.15) is 8.42 Å². The van der Waals surface area contributed by atoms with Crippen molar-refractivity contribution >= 4 is 22.1 Å². The Bertz CT molecular complexity index is 1190. The maximum absolute atomic E-state index is 12.8. The summed E-state index contributed by atoms with van der Waals surface area (Å²) in [5, 5.41) is 30.9. The maximum Gasteiger partial charge on any atom is 0.306 e. The average molecular weight is 861 g/mol. The van der Waals surface area contributed by atoms with Crippen LogP contribution in [-0.2, 0) is 38.7 Å². The highest BCUT2D eigenvalue weighted by atomic mass is 32.2. The van der Waals surface area contributed by atoms with Gasteiger partial charge in [-0.3, -0.25) is 14.1 Å². The quantitative estimate of drug-likeness (QED) is 0.0199. The van der Waals surface area contributed by atoms with Gasteiger partial charge < -0.3 is 34.3 Å². The summed E-state index contributed by atoms with van der Waals surface area (Å²) < 4.78 is 54.1. The monoisotopic (exact) mass is 861 g/mol. The molecule has 0 aromatic carbocycles. The number of allylic oxidation sites excluding steroid dienone is 4. The van der Waals surface area contributed by atoms with Gasteiger partial charge in [-0.25, -0.2) is 0 Å². The zero-order chi connectivity index (χ0) is 43.4. The van der Waals surface area contributed by atoms with E-state index >= 15 is 0 Å². The van der Waals surface area contributed by atoms with Crippen LogP contribution in [-0.4, -0.2) is 96.0 Å². The standard InChI is InChI=1S/C46H84O12S/c1-3-5-7-9-11-13-15-17-19-21-22-24-26-28-30-32-34-41(47)55-36-39(37-56-46-45(51)44(50)43(49)40(58-46)38-59(52,53)54)57-42(48)35-33-31-29-27-25-23-20-18-16-14-12-10-8-6-4-2/h14,16,18,20,39-40,43-46,49-51H,3-13,15,17,19,21-38H2,1-2H3,(H,52,53,54)/b16-14+,20-18+/t39-,40-,43-,44?,45?,46+/m1/s1. The van der Waals surface area contributed by atoms with E-state index in [0.29, 0.717) is 12.8 Å². The Balaban J connectivity index is 2.44. The molecule has 0 aromatic rings. The predicted molar refractivity (Wildman–Crippen MR) is 233 cm³/mol. The van der Waals surface area contributed by atoms with Crippen LogP contribution in [0.1, 0.15) is 200 Å². The molecular formula is C46H84O12S. The van der Waals surface area contributed by atoms with E-state index in [-0.39, 0.29) is 19.4 Å². The topological polar surface area (TPSA) is 186 Å². The third-order valence-corrected chi connectivity index (χ3v) is 11.6. The molecule has 1 fully saturated rings. The van der Waals surface area contributed by atoms with Crippen LogP contribution in [0.15, 0.2) is 24.3 Å². The van der Waals surface area contributed by atoms with Crippen molar-refractivity contribution in [1.82, 2.24) is 0 Å². The van der Waals surface area contributed by atoms with Gasteiger partial charge in [0, 0.05) is 12.8 Å². The Hall–Kier alpha value is -1.87. The zero-order valence-corrected chi connectivity index (χ0v) is 37.7. The number of aliphatic hydroxyl groups excluding tert-OH is 3. The zero-order valence-electron chi connectivity index (χ0n) is 36.9. The second-order valence-electron chi connectivity index (χ2n) is 16.5. The first kappa shape index (κ1) is 55.1. The van der Waals surface area contributed by atoms with Crippen molar-refractivity contribution in [3.05, 3.63) is 24.3 Å². The van der Waals surface area contributed by atoms with E-state index in [9.17, 15) is 37.9 Å². The summed E-state index contributed by atoms with van der Waals surface area (Å²) in [6, 6.07) is 0. The number of unbranched alkanes of at least 4 members (excludes halogenated alkanes) is 24. The van der Waals surface area contributed by atoms with E-state index in [1.54, 1.807) is 0 Å². The number of rotatable bonds is 39. The SMILES string of the molecule is CCCCCC/C=C/C=C/CCCCCCCC(=O)O[C@H](COC(=O)CCCCCCCCCCCCCCCCCC)CO[C@H]1O[C@H](CS(=O)(=O)O)[C@@H](O)C(O)C1O. The van der Waals surface area contributed by atoms with Crippen LogP contribution in [0.3, 0.4) is 0 Å². The van der Waals surface area contributed by atoms with Gasteiger partial charge in [-0.05, 0) is 38.5 Å². The summed E-state index contributed by atoms with van der Waals surface area (Å²) in [7, 11) is -4.60. The highest BCUT2D eigenvalue weighted by molar-refractivity contribution is 7.85. The Morgan fingerprint density at radius 3 is 1.47 bits per heavy atom. The summed E-state index contributed by atoms with van der Waals surface area (Å²) in [5.41, 5.74) is 0. The molecule has 2 unspecified atom stereocenters. The first-order chi connectivity index (χ1) is 28.5. The fourth-order valence-electron chi connectivity index (χ4n) is 7.14. The molecule has 1 heterocycles. The first-order valence-corrected chi connectivity index (χ1v) is 25.0. The van der Waals surface area contributed by atoms with E-state index in [1.807, 2.05) is 0 Å². The van der Waals surface area contributed by atoms with Crippen molar-refractivity contribution in [2.24, 2.45) is 0 Å². The number of ether oxygens (including phenoxy) is 4. The van der Waals surface area contributed by atoms with E-state index < -0.39 is 71.2 Å². The molecule has 0 aliphatic carbocycles. The van der Waals surface area contributed by atoms with E-state index in [4.69, 9.17) is 18.9 Å². The minimum Gasteiger partial charge on any atom is -0.462 e. The molecule has 1 aliphatic heterocycles. The molecular weight excluding hydrogens is 777 g/mol. The van der Waals surface area contributed by atoms with Crippen LogP contribution in [0, 0.1) is 0 Å². The van der Waals surface area contributed by atoms with Crippen molar-refractivity contribution < 1.29 is 56.8 Å². The normalized spacial score (nSPS) is 20.4. The van der Waals surface area contributed by atoms with Gasteiger partial charge in [0.05, 0.1) is 6.61 Å². The minimum absolute atomic E-state index is 0.149. The molecule has 59 heavy (non-hydrogen) atoms. The van der Waals surface area contributed by atoms with Crippen molar-refractivity contribution in [1.29, 1.82) is 0 Å². The van der Waals surface area contributed by atoms with Gasteiger partial charge >= 0.3 is 11.9 Å². The highest BCUT2D eigenvalue weighted by Gasteiger charge is 2.46. The van der Waals surface area contributed by atoms with Crippen LogP contribution >= 0.6 is 0 Å². The summed E-state index contributed by atoms with van der Waals surface area (Å²) in [4.78, 5) is 25.4. The molecule has 0 amide bonds. The third-order valence-electron chi connectivity index (χ3n) is 10.8. The second kappa shape index (κ2) is 36.8. The van der Waals surface area contributed by atoms with Crippen LogP contribution in [0.5, 0.6) is 0 Å². The molecule has 0 saturated carbocycles. The van der Waals surface area contributed by atoms with Crippen LogP contribution in [0.25, 0.3) is 0 Å². The molecule has 346 valence electrons. The maximum atomic E-state index is 12.8. The molecule has 13 heteroatoms.